The third-order valence-electron chi connectivity index (χ3n) is 3.47. The van der Waals surface area contributed by atoms with Crippen molar-refractivity contribution in [1.82, 2.24) is 9.66 Å². The predicted octanol–water partition coefficient (Wildman–Crippen LogP) is 2.19. The molecule has 0 saturated carbocycles. The Bertz CT molecular complexity index is 646. The lowest BCUT2D eigenvalue weighted by Gasteiger charge is -2.35. The summed E-state index contributed by atoms with van der Waals surface area (Å²) in [5.41, 5.74) is 2.24. The van der Waals surface area contributed by atoms with E-state index in [9.17, 15) is 9.90 Å². The van der Waals surface area contributed by atoms with Gasteiger partial charge >= 0.3 is 5.97 Å². The summed E-state index contributed by atoms with van der Waals surface area (Å²) >= 11 is 0. The molecule has 0 spiro atoms. The first-order valence-corrected chi connectivity index (χ1v) is 6.15. The number of carbonyl (C=O) groups is 1. The first-order chi connectivity index (χ1) is 9.00. The normalized spacial score (nSPS) is 16.4. The second-order valence-corrected chi connectivity index (χ2v) is 5.36. The lowest BCUT2D eigenvalue weighted by atomic mass is 10.0. The summed E-state index contributed by atoms with van der Waals surface area (Å²) in [5, 5.41) is 11.2. The van der Waals surface area contributed by atoms with Gasteiger partial charge in [0.25, 0.3) is 0 Å². The molecule has 1 aromatic heterocycles. The van der Waals surface area contributed by atoms with E-state index in [1.807, 2.05) is 23.2 Å². The standard InChI is InChI=1S/C14H15N3O2/c1-14(2)7-10-5-3-4-6-11(10)17(14)16-9-15-8-12(16)13(18)19/h3-6,8-9H,7H2,1-2H3,(H,18,19). The number of anilines is 1. The van der Waals surface area contributed by atoms with Gasteiger partial charge in [0.2, 0.25) is 0 Å². The molecular formula is C14H15N3O2. The van der Waals surface area contributed by atoms with Crippen molar-refractivity contribution in [2.75, 3.05) is 5.01 Å². The van der Waals surface area contributed by atoms with Crippen molar-refractivity contribution in [1.29, 1.82) is 0 Å². The summed E-state index contributed by atoms with van der Waals surface area (Å²) < 4.78 is 1.62. The topological polar surface area (TPSA) is 58.4 Å². The number of nitrogens with zero attached hydrogens (tertiary/aromatic N) is 3. The van der Waals surface area contributed by atoms with Crippen molar-refractivity contribution >= 4 is 11.7 Å². The Balaban J connectivity index is 2.18. The van der Waals surface area contributed by atoms with Crippen LogP contribution in [-0.2, 0) is 6.42 Å². The van der Waals surface area contributed by atoms with Gasteiger partial charge in [-0.05, 0) is 31.9 Å². The SMILES string of the molecule is CC1(C)Cc2ccccc2N1n1cncc1C(=O)O. The zero-order valence-electron chi connectivity index (χ0n) is 10.9. The minimum absolute atomic E-state index is 0.171. The molecule has 0 fully saturated rings. The fourth-order valence-electron chi connectivity index (χ4n) is 2.74. The zero-order chi connectivity index (χ0) is 13.6. The smallest absolute Gasteiger partial charge is 0.356 e. The van der Waals surface area contributed by atoms with Gasteiger partial charge in [0.15, 0.2) is 5.69 Å². The molecule has 1 aliphatic heterocycles. The summed E-state index contributed by atoms with van der Waals surface area (Å²) in [5.74, 6) is -0.974. The van der Waals surface area contributed by atoms with E-state index in [2.05, 4.69) is 24.9 Å². The number of imidazole rings is 1. The van der Waals surface area contributed by atoms with Gasteiger partial charge < -0.3 is 5.11 Å². The molecule has 5 nitrogen and oxygen atoms in total. The quantitative estimate of drug-likeness (QED) is 0.896. The molecule has 3 rings (SSSR count). The molecule has 5 heteroatoms. The van der Waals surface area contributed by atoms with Crippen LogP contribution in [0, 0.1) is 0 Å². The zero-order valence-corrected chi connectivity index (χ0v) is 10.9. The van der Waals surface area contributed by atoms with E-state index in [4.69, 9.17) is 0 Å². The number of para-hydroxylation sites is 1. The van der Waals surface area contributed by atoms with Crippen molar-refractivity contribution in [3.05, 3.63) is 48.0 Å². The number of aromatic nitrogens is 2. The van der Waals surface area contributed by atoms with E-state index >= 15 is 0 Å². The van der Waals surface area contributed by atoms with E-state index in [1.54, 1.807) is 11.0 Å². The van der Waals surface area contributed by atoms with Crippen molar-refractivity contribution in [2.45, 2.75) is 25.8 Å². The van der Waals surface area contributed by atoms with Crippen LogP contribution < -0.4 is 5.01 Å². The minimum Gasteiger partial charge on any atom is -0.476 e. The monoisotopic (exact) mass is 257 g/mol. The van der Waals surface area contributed by atoms with Crippen LogP contribution >= 0.6 is 0 Å². The summed E-state index contributed by atoms with van der Waals surface area (Å²) in [7, 11) is 0. The Labute approximate surface area is 111 Å². The van der Waals surface area contributed by atoms with E-state index in [1.165, 1.54) is 11.8 Å². The first kappa shape index (κ1) is 11.8. The number of fused-ring (bicyclic) bond motifs is 1. The number of hydrogen-bond acceptors (Lipinski definition) is 3. The second kappa shape index (κ2) is 3.85. The maximum atomic E-state index is 11.3. The Morgan fingerprint density at radius 3 is 2.84 bits per heavy atom. The van der Waals surface area contributed by atoms with E-state index in [-0.39, 0.29) is 11.2 Å². The van der Waals surface area contributed by atoms with Gasteiger partial charge in [-0.2, -0.15) is 0 Å². The molecule has 1 aromatic carbocycles. The van der Waals surface area contributed by atoms with Gasteiger partial charge in [0.1, 0.15) is 6.33 Å². The molecule has 0 saturated heterocycles. The molecule has 0 bridgehead atoms. The fraction of sp³-hybridized carbons (Fsp3) is 0.286. The van der Waals surface area contributed by atoms with Crippen LogP contribution in [0.3, 0.4) is 0 Å². The summed E-state index contributed by atoms with van der Waals surface area (Å²) in [6.45, 7) is 4.19. The lowest BCUT2D eigenvalue weighted by molar-refractivity contribution is 0.0684. The number of aromatic carboxylic acids is 1. The maximum absolute atomic E-state index is 11.3. The largest absolute Gasteiger partial charge is 0.476 e. The molecule has 0 radical (unpaired) electrons. The van der Waals surface area contributed by atoms with E-state index < -0.39 is 5.97 Å². The summed E-state index contributed by atoms with van der Waals surface area (Å²) in [4.78, 5) is 15.2. The number of carboxylic acids is 1. The number of benzene rings is 1. The first-order valence-electron chi connectivity index (χ1n) is 6.15. The van der Waals surface area contributed by atoms with Gasteiger partial charge in [0.05, 0.1) is 17.4 Å². The highest BCUT2D eigenvalue weighted by Gasteiger charge is 2.38. The Kier molecular flexibility index (Phi) is 2.38. The fourth-order valence-corrected chi connectivity index (χ4v) is 2.74. The average molecular weight is 257 g/mol. The molecule has 0 atom stereocenters. The van der Waals surface area contributed by atoms with Gasteiger partial charge in [-0.3, -0.25) is 5.01 Å². The highest BCUT2D eigenvalue weighted by molar-refractivity contribution is 5.86. The third kappa shape index (κ3) is 1.69. The van der Waals surface area contributed by atoms with Crippen LogP contribution in [0.4, 0.5) is 5.69 Å². The molecular weight excluding hydrogens is 242 g/mol. The van der Waals surface area contributed by atoms with Crippen molar-refractivity contribution in [3.8, 4) is 0 Å². The van der Waals surface area contributed by atoms with Crippen molar-refractivity contribution < 1.29 is 9.90 Å². The Morgan fingerprint density at radius 1 is 1.37 bits per heavy atom. The van der Waals surface area contributed by atoms with Crippen molar-refractivity contribution in [2.24, 2.45) is 0 Å². The molecule has 1 aliphatic rings. The van der Waals surface area contributed by atoms with Crippen LogP contribution in [0.2, 0.25) is 0 Å². The van der Waals surface area contributed by atoms with Crippen LogP contribution in [0.15, 0.2) is 36.8 Å². The molecule has 19 heavy (non-hydrogen) atoms. The Hall–Kier alpha value is -2.30. The van der Waals surface area contributed by atoms with Gasteiger partial charge in [-0.15, -0.1) is 0 Å². The van der Waals surface area contributed by atoms with Crippen LogP contribution in [0.5, 0.6) is 0 Å². The second-order valence-electron chi connectivity index (χ2n) is 5.36. The van der Waals surface area contributed by atoms with Crippen LogP contribution in [0.25, 0.3) is 0 Å². The third-order valence-corrected chi connectivity index (χ3v) is 3.47. The van der Waals surface area contributed by atoms with Gasteiger partial charge in [-0.25, -0.2) is 14.5 Å². The predicted molar refractivity (Wildman–Crippen MR) is 71.3 cm³/mol. The molecule has 0 unspecified atom stereocenters. The number of hydrogen-bond donors (Lipinski definition) is 1. The molecule has 0 aliphatic carbocycles. The van der Waals surface area contributed by atoms with Crippen LogP contribution in [0.1, 0.15) is 29.9 Å². The lowest BCUT2D eigenvalue weighted by Crippen LogP contribution is -2.45. The van der Waals surface area contributed by atoms with E-state index in [0.29, 0.717) is 0 Å². The molecule has 2 aromatic rings. The molecule has 98 valence electrons. The molecule has 0 amide bonds. The van der Waals surface area contributed by atoms with Gasteiger partial charge in [0, 0.05) is 0 Å². The van der Waals surface area contributed by atoms with Gasteiger partial charge in [-0.1, -0.05) is 18.2 Å². The highest BCUT2D eigenvalue weighted by Crippen LogP contribution is 2.38. The average Bonchev–Trinajstić information content (AvgIpc) is 2.88. The maximum Gasteiger partial charge on any atom is 0.356 e. The number of rotatable bonds is 2. The molecule has 1 N–H and O–H groups in total. The summed E-state index contributed by atoms with van der Waals surface area (Å²) in [6, 6.07) is 8.05. The number of carboxylic acid groups (broad SMARTS) is 1. The minimum atomic E-state index is -0.974. The van der Waals surface area contributed by atoms with Crippen molar-refractivity contribution in [3.63, 3.8) is 0 Å². The molecule has 2 heterocycles. The highest BCUT2D eigenvalue weighted by atomic mass is 16.4. The van der Waals surface area contributed by atoms with Crippen LogP contribution in [-0.4, -0.2) is 26.3 Å². The van der Waals surface area contributed by atoms with E-state index in [0.717, 1.165) is 12.1 Å². The Morgan fingerprint density at radius 2 is 2.11 bits per heavy atom. The summed E-state index contributed by atoms with van der Waals surface area (Å²) in [6.07, 6.45) is 3.80.